The van der Waals surface area contributed by atoms with Crippen LogP contribution in [0.4, 0.5) is 0 Å². The molecule has 0 unspecified atom stereocenters. The van der Waals surface area contributed by atoms with Crippen molar-refractivity contribution in [3.05, 3.63) is 53.1 Å². The molecule has 2 aromatic rings. The van der Waals surface area contributed by atoms with Gasteiger partial charge in [0.2, 0.25) is 0 Å². The molecule has 2 rings (SSSR count). The predicted molar refractivity (Wildman–Crippen MR) is 126 cm³/mol. The number of hydrogen-bond acceptors (Lipinski definition) is 3. The highest BCUT2D eigenvalue weighted by atomic mass is 35.5. The zero-order valence-electron chi connectivity index (χ0n) is 19.0. The second-order valence-electron chi connectivity index (χ2n) is 8.99. The van der Waals surface area contributed by atoms with E-state index in [0.717, 1.165) is 35.7 Å². The standard InChI is InChI=1S/C25H37NO2.ClH/c1-8-27-24-22(25(6,7)26)16-19(14-17(2)3)21(15-18(4)5)23(24)28-20-12-10-9-11-13-20;/h9-13,16-18H,8,14-15,26H2,1-7H3;1H. The summed E-state index contributed by atoms with van der Waals surface area (Å²) < 4.78 is 12.6. The lowest BCUT2D eigenvalue weighted by molar-refractivity contribution is 0.308. The lowest BCUT2D eigenvalue weighted by Crippen LogP contribution is -2.30. The second kappa shape index (κ2) is 10.9. The quantitative estimate of drug-likeness (QED) is 0.481. The van der Waals surface area contributed by atoms with Gasteiger partial charge in [-0.05, 0) is 69.2 Å². The van der Waals surface area contributed by atoms with Gasteiger partial charge in [-0.15, -0.1) is 12.4 Å². The van der Waals surface area contributed by atoms with E-state index in [0.29, 0.717) is 18.4 Å². The minimum atomic E-state index is -0.526. The molecule has 0 amide bonds. The summed E-state index contributed by atoms with van der Waals surface area (Å²) in [6, 6.07) is 12.2. The molecule has 0 aliphatic rings. The van der Waals surface area contributed by atoms with Crippen molar-refractivity contribution >= 4 is 12.4 Å². The zero-order valence-corrected chi connectivity index (χ0v) is 19.9. The Hall–Kier alpha value is -1.71. The maximum atomic E-state index is 6.57. The van der Waals surface area contributed by atoms with Crippen molar-refractivity contribution in [2.45, 2.75) is 66.8 Å². The van der Waals surface area contributed by atoms with E-state index in [9.17, 15) is 0 Å². The van der Waals surface area contributed by atoms with Crippen LogP contribution in [0.2, 0.25) is 0 Å². The molecular weight excluding hydrogens is 382 g/mol. The number of para-hydroxylation sites is 1. The molecule has 0 bridgehead atoms. The molecule has 0 atom stereocenters. The minimum Gasteiger partial charge on any atom is -0.490 e. The summed E-state index contributed by atoms with van der Waals surface area (Å²) in [6.45, 7) is 15.6. The zero-order chi connectivity index (χ0) is 20.9. The fourth-order valence-corrected chi connectivity index (χ4v) is 3.47. The number of nitrogens with two attached hydrogens (primary N) is 1. The molecule has 0 spiro atoms. The molecule has 2 N–H and O–H groups in total. The Morgan fingerprint density at radius 3 is 2.00 bits per heavy atom. The van der Waals surface area contributed by atoms with E-state index in [-0.39, 0.29) is 12.4 Å². The molecule has 0 fully saturated rings. The van der Waals surface area contributed by atoms with Crippen molar-refractivity contribution in [2.24, 2.45) is 17.6 Å². The van der Waals surface area contributed by atoms with Crippen molar-refractivity contribution < 1.29 is 9.47 Å². The van der Waals surface area contributed by atoms with Crippen LogP contribution in [0.15, 0.2) is 36.4 Å². The summed E-state index contributed by atoms with van der Waals surface area (Å²) in [5, 5.41) is 0. The van der Waals surface area contributed by atoms with Gasteiger partial charge < -0.3 is 15.2 Å². The van der Waals surface area contributed by atoms with Gasteiger partial charge in [0.25, 0.3) is 0 Å². The van der Waals surface area contributed by atoms with E-state index in [1.807, 2.05) is 51.1 Å². The first-order valence-corrected chi connectivity index (χ1v) is 10.5. The summed E-state index contributed by atoms with van der Waals surface area (Å²) in [7, 11) is 0. The Labute approximate surface area is 183 Å². The van der Waals surface area contributed by atoms with Crippen LogP contribution < -0.4 is 15.2 Å². The Kier molecular flexibility index (Phi) is 9.51. The fraction of sp³-hybridized carbons (Fsp3) is 0.520. The summed E-state index contributed by atoms with van der Waals surface area (Å²) in [4.78, 5) is 0. The average molecular weight is 420 g/mol. The van der Waals surface area contributed by atoms with Crippen LogP contribution in [-0.4, -0.2) is 6.61 Å². The predicted octanol–water partition coefficient (Wildman–Crippen LogP) is 6.89. The molecule has 4 heteroatoms. The van der Waals surface area contributed by atoms with Gasteiger partial charge in [0.1, 0.15) is 5.75 Å². The van der Waals surface area contributed by atoms with Gasteiger partial charge in [-0.25, -0.2) is 0 Å². The molecule has 0 aromatic heterocycles. The molecule has 3 nitrogen and oxygen atoms in total. The van der Waals surface area contributed by atoms with Gasteiger partial charge in [-0.3, -0.25) is 0 Å². The maximum Gasteiger partial charge on any atom is 0.173 e. The SMILES string of the molecule is CCOc1c(C(C)(C)N)cc(CC(C)C)c(CC(C)C)c1Oc1ccccc1.Cl. The Bertz CT molecular complexity index is 765. The van der Waals surface area contributed by atoms with Crippen LogP contribution in [0.1, 0.15) is 65.2 Å². The Balaban J connectivity index is 0.00000420. The maximum absolute atomic E-state index is 6.57. The molecule has 29 heavy (non-hydrogen) atoms. The topological polar surface area (TPSA) is 44.5 Å². The molecule has 0 radical (unpaired) electrons. The molecule has 162 valence electrons. The third kappa shape index (κ3) is 6.94. The first-order valence-electron chi connectivity index (χ1n) is 10.5. The third-order valence-electron chi connectivity index (χ3n) is 4.62. The van der Waals surface area contributed by atoms with E-state index in [4.69, 9.17) is 15.2 Å². The van der Waals surface area contributed by atoms with Crippen LogP contribution in [0.25, 0.3) is 0 Å². The molecule has 2 aromatic carbocycles. The van der Waals surface area contributed by atoms with E-state index < -0.39 is 5.54 Å². The van der Waals surface area contributed by atoms with Crippen molar-refractivity contribution in [1.29, 1.82) is 0 Å². The highest BCUT2D eigenvalue weighted by Crippen LogP contribution is 2.45. The minimum absolute atomic E-state index is 0. The monoisotopic (exact) mass is 419 g/mol. The molecule has 0 heterocycles. The highest BCUT2D eigenvalue weighted by Gasteiger charge is 2.28. The average Bonchev–Trinajstić information content (AvgIpc) is 2.59. The van der Waals surface area contributed by atoms with Gasteiger partial charge in [-0.2, -0.15) is 0 Å². The fourth-order valence-electron chi connectivity index (χ4n) is 3.47. The smallest absolute Gasteiger partial charge is 0.173 e. The van der Waals surface area contributed by atoms with Crippen LogP contribution in [0, 0.1) is 11.8 Å². The van der Waals surface area contributed by atoms with Gasteiger partial charge in [-0.1, -0.05) is 45.9 Å². The van der Waals surface area contributed by atoms with Crippen molar-refractivity contribution in [2.75, 3.05) is 6.61 Å². The summed E-state index contributed by atoms with van der Waals surface area (Å²) in [5.74, 6) is 3.48. The van der Waals surface area contributed by atoms with Gasteiger partial charge in [0.15, 0.2) is 11.5 Å². The normalized spacial score (nSPS) is 11.5. The van der Waals surface area contributed by atoms with E-state index >= 15 is 0 Å². The Morgan fingerprint density at radius 2 is 1.52 bits per heavy atom. The largest absolute Gasteiger partial charge is 0.490 e. The van der Waals surface area contributed by atoms with Crippen LogP contribution in [0.3, 0.4) is 0 Å². The van der Waals surface area contributed by atoms with Gasteiger partial charge in [0.05, 0.1) is 6.61 Å². The van der Waals surface area contributed by atoms with Gasteiger partial charge >= 0.3 is 0 Å². The summed E-state index contributed by atoms with van der Waals surface area (Å²) >= 11 is 0. The van der Waals surface area contributed by atoms with Crippen molar-refractivity contribution in [1.82, 2.24) is 0 Å². The second-order valence-corrected chi connectivity index (χ2v) is 8.99. The number of rotatable bonds is 9. The number of halogens is 1. The van der Waals surface area contributed by atoms with E-state index in [2.05, 4.69) is 33.8 Å². The van der Waals surface area contributed by atoms with Crippen LogP contribution in [-0.2, 0) is 18.4 Å². The lowest BCUT2D eigenvalue weighted by Gasteiger charge is -2.29. The number of benzene rings is 2. The first kappa shape index (κ1) is 25.3. The summed E-state index contributed by atoms with van der Waals surface area (Å²) in [5.41, 5.74) is 9.59. The molecule has 0 aliphatic heterocycles. The third-order valence-corrected chi connectivity index (χ3v) is 4.62. The summed E-state index contributed by atoms with van der Waals surface area (Å²) in [6.07, 6.45) is 1.93. The molecule has 0 saturated carbocycles. The lowest BCUT2D eigenvalue weighted by atomic mass is 9.85. The van der Waals surface area contributed by atoms with Crippen LogP contribution >= 0.6 is 12.4 Å². The van der Waals surface area contributed by atoms with Crippen molar-refractivity contribution in [3.63, 3.8) is 0 Å². The first-order chi connectivity index (χ1) is 13.1. The van der Waals surface area contributed by atoms with Gasteiger partial charge in [0, 0.05) is 16.7 Å². The van der Waals surface area contributed by atoms with E-state index in [1.165, 1.54) is 11.1 Å². The Morgan fingerprint density at radius 1 is 0.931 bits per heavy atom. The highest BCUT2D eigenvalue weighted by molar-refractivity contribution is 5.85. The van der Waals surface area contributed by atoms with E-state index in [1.54, 1.807) is 0 Å². The number of ether oxygens (including phenoxy) is 2. The molecular formula is C25H38ClNO2. The molecule has 0 aliphatic carbocycles. The number of hydrogen-bond donors (Lipinski definition) is 1. The van der Waals surface area contributed by atoms with Crippen LogP contribution in [0.5, 0.6) is 17.2 Å². The molecule has 0 saturated heterocycles. The van der Waals surface area contributed by atoms with Crippen molar-refractivity contribution in [3.8, 4) is 17.2 Å².